The number of ether oxygens (including phenoxy) is 1. The molecule has 2 rings (SSSR count). The lowest BCUT2D eigenvalue weighted by molar-refractivity contribution is 0.294. The van der Waals surface area contributed by atoms with E-state index < -0.39 is 0 Å². The summed E-state index contributed by atoms with van der Waals surface area (Å²) in [6, 6.07) is 16.9. The van der Waals surface area contributed by atoms with Gasteiger partial charge in [0.2, 0.25) is 0 Å². The first-order valence-corrected chi connectivity index (χ1v) is 11.8. The molecule has 0 saturated carbocycles. The molecule has 0 aliphatic heterocycles. The van der Waals surface area contributed by atoms with Crippen LogP contribution in [0.1, 0.15) is 37.8 Å². The molecule has 0 spiro atoms. The van der Waals surface area contributed by atoms with Crippen molar-refractivity contribution >= 4 is 5.71 Å². The highest BCUT2D eigenvalue weighted by atomic mass is 16.5. The largest absolute Gasteiger partial charge is 0.501 e. The number of aliphatic imine (C=N–C) groups is 1. The number of allylic oxidation sites excluding steroid dienone is 9. The van der Waals surface area contributed by atoms with Gasteiger partial charge in [-0.15, -0.1) is 0 Å². The molecule has 0 heterocycles. The van der Waals surface area contributed by atoms with E-state index in [9.17, 15) is 0 Å². The molecule has 2 aromatic carbocycles. The second kappa shape index (κ2) is 14.4. The lowest BCUT2D eigenvalue weighted by Crippen LogP contribution is -2.07. The molecule has 0 aliphatic rings. The first kappa shape index (κ1) is 27.3. The fourth-order valence-electron chi connectivity index (χ4n) is 3.63. The topological polar surface area (TPSA) is 21.6 Å². The SMILES string of the molecule is C=C/C=C\C=C(/C)CCC(=NC(=C)/C(C=C)=C/C=C(\C)OC)c1c(C)cccc1-c1ccccc1. The third-order valence-electron chi connectivity index (χ3n) is 5.67. The smallest absolute Gasteiger partial charge is 0.0924 e. The highest BCUT2D eigenvalue weighted by Crippen LogP contribution is 2.29. The molecule has 0 saturated heterocycles. The van der Waals surface area contributed by atoms with Gasteiger partial charge in [0.15, 0.2) is 0 Å². The molecule has 0 N–H and O–H groups in total. The zero-order valence-corrected chi connectivity index (χ0v) is 21.6. The van der Waals surface area contributed by atoms with Crippen LogP contribution in [0.15, 0.2) is 138 Å². The quantitative estimate of drug-likeness (QED) is 0.175. The van der Waals surface area contributed by atoms with Gasteiger partial charge >= 0.3 is 0 Å². The number of nitrogens with zero attached hydrogens (tertiary/aromatic N) is 1. The van der Waals surface area contributed by atoms with E-state index in [1.54, 1.807) is 19.3 Å². The van der Waals surface area contributed by atoms with Crippen molar-refractivity contribution in [2.24, 2.45) is 4.99 Å². The molecule has 0 amide bonds. The zero-order chi connectivity index (χ0) is 25.6. The molecule has 0 fully saturated rings. The van der Waals surface area contributed by atoms with E-state index in [2.05, 4.69) is 82.1 Å². The summed E-state index contributed by atoms with van der Waals surface area (Å²) in [7, 11) is 1.65. The van der Waals surface area contributed by atoms with Crippen LogP contribution >= 0.6 is 0 Å². The van der Waals surface area contributed by atoms with Crippen LogP contribution in [-0.4, -0.2) is 12.8 Å². The van der Waals surface area contributed by atoms with Gasteiger partial charge < -0.3 is 4.74 Å². The summed E-state index contributed by atoms with van der Waals surface area (Å²) in [5, 5.41) is 0. The molecule has 35 heavy (non-hydrogen) atoms. The lowest BCUT2D eigenvalue weighted by Gasteiger charge is -2.17. The van der Waals surface area contributed by atoms with Crippen molar-refractivity contribution in [2.45, 2.75) is 33.6 Å². The molecular weight excluding hydrogens is 426 g/mol. The summed E-state index contributed by atoms with van der Waals surface area (Å²) in [6.45, 7) is 18.2. The summed E-state index contributed by atoms with van der Waals surface area (Å²) in [5.74, 6) is 0.806. The van der Waals surface area contributed by atoms with Gasteiger partial charge in [0.25, 0.3) is 0 Å². The van der Waals surface area contributed by atoms with E-state index >= 15 is 0 Å². The van der Waals surface area contributed by atoms with Crippen LogP contribution in [0.25, 0.3) is 11.1 Å². The third kappa shape index (κ3) is 8.42. The van der Waals surface area contributed by atoms with Gasteiger partial charge in [-0.05, 0) is 68.0 Å². The third-order valence-corrected chi connectivity index (χ3v) is 5.67. The monoisotopic (exact) mass is 463 g/mol. The molecule has 2 nitrogen and oxygen atoms in total. The van der Waals surface area contributed by atoms with E-state index in [-0.39, 0.29) is 0 Å². The molecule has 180 valence electrons. The number of aryl methyl sites for hydroxylation is 1. The molecule has 0 unspecified atom stereocenters. The summed E-state index contributed by atoms with van der Waals surface area (Å²) >= 11 is 0. The Bertz CT molecular complexity index is 1190. The second-order valence-electron chi connectivity index (χ2n) is 8.31. The summed E-state index contributed by atoms with van der Waals surface area (Å²) in [4.78, 5) is 5.09. The molecular formula is C33H37NO. The Morgan fingerprint density at radius 1 is 0.914 bits per heavy atom. The summed E-state index contributed by atoms with van der Waals surface area (Å²) < 4.78 is 5.26. The van der Waals surface area contributed by atoms with E-state index in [0.29, 0.717) is 5.70 Å². The van der Waals surface area contributed by atoms with Gasteiger partial charge in [0.05, 0.1) is 18.6 Å². The van der Waals surface area contributed by atoms with Crippen LogP contribution in [0, 0.1) is 6.92 Å². The van der Waals surface area contributed by atoms with E-state index in [0.717, 1.165) is 35.4 Å². The maximum Gasteiger partial charge on any atom is 0.0924 e. The Labute approximate surface area is 211 Å². The van der Waals surface area contributed by atoms with Crippen molar-refractivity contribution < 1.29 is 4.74 Å². The number of rotatable bonds is 12. The van der Waals surface area contributed by atoms with Gasteiger partial charge in [-0.25, -0.2) is 0 Å². The molecule has 0 aliphatic carbocycles. The number of methoxy groups -OCH3 is 1. The van der Waals surface area contributed by atoms with Crippen molar-refractivity contribution in [1.82, 2.24) is 0 Å². The Balaban J connectivity index is 2.60. The van der Waals surface area contributed by atoms with Crippen molar-refractivity contribution in [2.75, 3.05) is 7.11 Å². The maximum absolute atomic E-state index is 5.26. The zero-order valence-electron chi connectivity index (χ0n) is 21.6. The summed E-state index contributed by atoms with van der Waals surface area (Å²) in [5.41, 5.74) is 8.49. The Hall–Kier alpha value is -3.91. The predicted molar refractivity (Wildman–Crippen MR) is 154 cm³/mol. The minimum Gasteiger partial charge on any atom is -0.501 e. The molecule has 2 aromatic rings. The average molecular weight is 464 g/mol. The molecule has 0 bridgehead atoms. The Morgan fingerprint density at radius 3 is 2.31 bits per heavy atom. The highest BCUT2D eigenvalue weighted by molar-refractivity contribution is 6.08. The highest BCUT2D eigenvalue weighted by Gasteiger charge is 2.15. The van der Waals surface area contributed by atoms with Crippen LogP contribution in [0.5, 0.6) is 0 Å². The van der Waals surface area contributed by atoms with Crippen molar-refractivity contribution in [3.05, 3.63) is 145 Å². The first-order valence-electron chi connectivity index (χ1n) is 11.8. The van der Waals surface area contributed by atoms with Gasteiger partial charge in [-0.1, -0.05) is 104 Å². The number of benzene rings is 2. The van der Waals surface area contributed by atoms with E-state index in [1.807, 2.05) is 37.3 Å². The fraction of sp³-hybridized carbons (Fsp3) is 0.182. The first-order chi connectivity index (χ1) is 16.9. The van der Waals surface area contributed by atoms with Gasteiger partial charge in [0.1, 0.15) is 0 Å². The van der Waals surface area contributed by atoms with E-state index in [4.69, 9.17) is 9.73 Å². The molecule has 0 atom stereocenters. The standard InChI is InChI=1S/C33H37NO/c1-8-10-12-16-25(3)21-24-32(34-28(6)29(9-2)23-22-27(5)35-7)33-26(4)17-15-20-31(33)30-18-13-11-14-19-30/h8-20,22-23H,1-2,6,21,24H2,3-5,7H3/b12-10-,25-16+,27-22+,29-23+,34-32?. The van der Waals surface area contributed by atoms with Crippen LogP contribution in [-0.2, 0) is 4.74 Å². The maximum atomic E-state index is 5.26. The normalized spacial score (nSPS) is 13.1. The van der Waals surface area contributed by atoms with Gasteiger partial charge in [-0.3, -0.25) is 4.99 Å². The lowest BCUT2D eigenvalue weighted by atomic mass is 9.90. The molecule has 0 radical (unpaired) electrons. The average Bonchev–Trinajstić information content (AvgIpc) is 2.87. The second-order valence-corrected chi connectivity index (χ2v) is 8.31. The van der Waals surface area contributed by atoms with Crippen LogP contribution < -0.4 is 0 Å². The minimum absolute atomic E-state index is 0.672. The number of hydrogen-bond donors (Lipinski definition) is 0. The molecule has 0 aromatic heterocycles. The predicted octanol–water partition coefficient (Wildman–Crippen LogP) is 9.10. The van der Waals surface area contributed by atoms with Crippen molar-refractivity contribution in [3.8, 4) is 11.1 Å². The molecule has 2 heteroatoms. The van der Waals surface area contributed by atoms with Crippen molar-refractivity contribution in [1.29, 1.82) is 0 Å². The van der Waals surface area contributed by atoms with Crippen LogP contribution in [0.4, 0.5) is 0 Å². The van der Waals surface area contributed by atoms with Gasteiger partial charge in [-0.2, -0.15) is 0 Å². The summed E-state index contributed by atoms with van der Waals surface area (Å²) in [6.07, 6.45) is 15.1. The fourth-order valence-corrected chi connectivity index (χ4v) is 3.63. The van der Waals surface area contributed by atoms with Crippen molar-refractivity contribution in [3.63, 3.8) is 0 Å². The van der Waals surface area contributed by atoms with Gasteiger partial charge in [0, 0.05) is 11.3 Å². The Morgan fingerprint density at radius 2 is 1.66 bits per heavy atom. The minimum atomic E-state index is 0.672. The Kier molecular flexibility index (Phi) is 11.2. The van der Waals surface area contributed by atoms with E-state index in [1.165, 1.54) is 22.3 Å². The van der Waals surface area contributed by atoms with Crippen LogP contribution in [0.3, 0.4) is 0 Å². The van der Waals surface area contributed by atoms with Crippen LogP contribution in [0.2, 0.25) is 0 Å². The number of hydrogen-bond acceptors (Lipinski definition) is 2.